The van der Waals surface area contributed by atoms with Crippen LogP contribution in [0.5, 0.6) is 0 Å². The molecule has 0 rings (SSSR count). The first-order chi connectivity index (χ1) is 37.5. The summed E-state index contributed by atoms with van der Waals surface area (Å²) in [7, 11) is 0. The van der Waals surface area contributed by atoms with Crippen molar-refractivity contribution in [1.82, 2.24) is 0 Å². The molecule has 448 valence electrons. The van der Waals surface area contributed by atoms with E-state index in [0.29, 0.717) is 19.3 Å². The Morgan fingerprint density at radius 1 is 0.250 bits per heavy atom. The third kappa shape index (κ3) is 62.7. The zero-order valence-electron chi connectivity index (χ0n) is 51.6. The highest BCUT2D eigenvalue weighted by molar-refractivity contribution is 5.71. The highest BCUT2D eigenvalue weighted by atomic mass is 16.6. The molecule has 0 aliphatic heterocycles. The summed E-state index contributed by atoms with van der Waals surface area (Å²) in [5, 5.41) is 0. The Hall–Kier alpha value is -2.11. The van der Waals surface area contributed by atoms with Gasteiger partial charge in [0.15, 0.2) is 6.10 Å². The second-order valence-corrected chi connectivity index (χ2v) is 23.4. The summed E-state index contributed by atoms with van der Waals surface area (Å²) in [5.74, 6) is -0.870. The lowest BCUT2D eigenvalue weighted by atomic mass is 10.0. The molecule has 76 heavy (non-hydrogen) atoms. The number of carbonyl (C=O) groups excluding carboxylic acids is 3. The van der Waals surface area contributed by atoms with Gasteiger partial charge in [0.25, 0.3) is 0 Å². The average molecular weight is 1070 g/mol. The van der Waals surface area contributed by atoms with Crippen molar-refractivity contribution in [3.8, 4) is 0 Å². The third-order valence-corrected chi connectivity index (χ3v) is 15.7. The van der Waals surface area contributed by atoms with Crippen LogP contribution in [0.2, 0.25) is 0 Å². The minimum absolute atomic E-state index is 0.0728. The molecule has 0 radical (unpaired) electrons. The van der Waals surface area contributed by atoms with Gasteiger partial charge in [-0.25, -0.2) is 0 Å². The van der Waals surface area contributed by atoms with Gasteiger partial charge >= 0.3 is 17.9 Å². The van der Waals surface area contributed by atoms with Gasteiger partial charge in [-0.15, -0.1) is 0 Å². The minimum Gasteiger partial charge on any atom is -0.462 e. The topological polar surface area (TPSA) is 78.9 Å². The van der Waals surface area contributed by atoms with Crippen molar-refractivity contribution in [2.75, 3.05) is 13.2 Å². The second-order valence-electron chi connectivity index (χ2n) is 23.4. The highest BCUT2D eigenvalue weighted by Gasteiger charge is 2.19. The first-order valence-corrected chi connectivity index (χ1v) is 34.3. The van der Waals surface area contributed by atoms with Crippen LogP contribution in [0.25, 0.3) is 0 Å². The van der Waals surface area contributed by atoms with E-state index >= 15 is 0 Å². The number of hydrogen-bond donors (Lipinski definition) is 0. The molecule has 0 aliphatic rings. The largest absolute Gasteiger partial charge is 0.462 e. The van der Waals surface area contributed by atoms with Gasteiger partial charge in [0.1, 0.15) is 13.2 Å². The Kier molecular flexibility index (Phi) is 63.6. The molecule has 0 heterocycles. The summed E-state index contributed by atoms with van der Waals surface area (Å²) >= 11 is 0. The molecule has 6 heteroatoms. The normalized spacial score (nSPS) is 12.1. The van der Waals surface area contributed by atoms with Crippen molar-refractivity contribution in [2.24, 2.45) is 0 Å². The smallest absolute Gasteiger partial charge is 0.306 e. The van der Waals surface area contributed by atoms with Crippen LogP contribution in [0.4, 0.5) is 0 Å². The van der Waals surface area contributed by atoms with E-state index < -0.39 is 6.10 Å². The summed E-state index contributed by atoms with van der Waals surface area (Å²) in [6.07, 6.45) is 79.5. The lowest BCUT2D eigenvalue weighted by molar-refractivity contribution is -0.167. The maximum Gasteiger partial charge on any atom is 0.306 e. The molecule has 0 fully saturated rings. The molecule has 0 aromatic heterocycles. The maximum absolute atomic E-state index is 12.9. The van der Waals surface area contributed by atoms with Crippen molar-refractivity contribution in [3.63, 3.8) is 0 Å². The van der Waals surface area contributed by atoms with Crippen LogP contribution in [-0.2, 0) is 28.6 Å². The molecule has 0 spiro atoms. The molecule has 0 saturated heterocycles. The number of ether oxygens (including phenoxy) is 3. The monoisotopic (exact) mass is 1070 g/mol. The van der Waals surface area contributed by atoms with Gasteiger partial charge in [0, 0.05) is 19.3 Å². The van der Waals surface area contributed by atoms with Gasteiger partial charge in [-0.1, -0.05) is 328 Å². The molecule has 0 bridgehead atoms. The maximum atomic E-state index is 12.9. The molecule has 0 amide bonds. The van der Waals surface area contributed by atoms with Crippen LogP contribution in [0.1, 0.15) is 387 Å². The van der Waals surface area contributed by atoms with Gasteiger partial charge in [-0.05, 0) is 64.2 Å². The molecule has 1 atom stereocenters. The molecule has 0 N–H and O–H groups in total. The van der Waals surface area contributed by atoms with E-state index in [9.17, 15) is 14.4 Å². The van der Waals surface area contributed by atoms with E-state index in [2.05, 4.69) is 45.1 Å². The van der Waals surface area contributed by atoms with Crippen molar-refractivity contribution in [3.05, 3.63) is 24.3 Å². The van der Waals surface area contributed by atoms with Crippen LogP contribution in [0, 0.1) is 0 Å². The van der Waals surface area contributed by atoms with E-state index in [0.717, 1.165) is 77.0 Å². The fourth-order valence-corrected chi connectivity index (χ4v) is 10.5. The van der Waals surface area contributed by atoms with Crippen LogP contribution in [0.3, 0.4) is 0 Å². The number of unbranched alkanes of at least 4 members (excludes halogenated alkanes) is 49. The first-order valence-electron chi connectivity index (χ1n) is 34.3. The van der Waals surface area contributed by atoms with Gasteiger partial charge in [-0.2, -0.15) is 0 Å². The molecule has 0 aromatic rings. The van der Waals surface area contributed by atoms with Crippen LogP contribution >= 0.6 is 0 Å². The second kappa shape index (κ2) is 65.4. The third-order valence-electron chi connectivity index (χ3n) is 15.7. The number of allylic oxidation sites excluding steroid dienone is 4. The predicted octanol–water partition coefficient (Wildman–Crippen LogP) is 23.4. The zero-order valence-corrected chi connectivity index (χ0v) is 51.6. The van der Waals surface area contributed by atoms with Gasteiger partial charge in [0.2, 0.25) is 0 Å². The molecule has 0 aromatic carbocycles. The summed E-state index contributed by atoms with van der Waals surface area (Å²) in [6.45, 7) is 6.62. The Morgan fingerprint density at radius 3 is 0.711 bits per heavy atom. The molecule has 1 unspecified atom stereocenters. The van der Waals surface area contributed by atoms with Crippen molar-refractivity contribution >= 4 is 17.9 Å². The summed E-state index contributed by atoms with van der Waals surface area (Å²) in [4.78, 5) is 38.2. The Labute approximate surface area is 474 Å². The quantitative estimate of drug-likeness (QED) is 0.0261. The number of hydrogen-bond acceptors (Lipinski definition) is 6. The van der Waals surface area contributed by atoms with Crippen molar-refractivity contribution < 1.29 is 28.6 Å². The number of rotatable bonds is 64. The van der Waals surface area contributed by atoms with Crippen LogP contribution < -0.4 is 0 Å². The lowest BCUT2D eigenvalue weighted by Crippen LogP contribution is -2.30. The first kappa shape index (κ1) is 73.9. The van der Waals surface area contributed by atoms with Crippen LogP contribution in [0.15, 0.2) is 24.3 Å². The fourth-order valence-electron chi connectivity index (χ4n) is 10.5. The zero-order chi connectivity index (χ0) is 55.0. The van der Waals surface area contributed by atoms with Crippen molar-refractivity contribution in [1.29, 1.82) is 0 Å². The predicted molar refractivity (Wildman–Crippen MR) is 330 cm³/mol. The highest BCUT2D eigenvalue weighted by Crippen LogP contribution is 2.19. The van der Waals surface area contributed by atoms with E-state index in [1.165, 1.54) is 270 Å². The van der Waals surface area contributed by atoms with Crippen molar-refractivity contribution in [2.45, 2.75) is 393 Å². The van der Waals surface area contributed by atoms with Crippen LogP contribution in [-0.4, -0.2) is 37.2 Å². The molecule has 0 aliphatic carbocycles. The molecule has 0 saturated carbocycles. The summed E-state index contributed by atoms with van der Waals surface area (Å²) in [6, 6.07) is 0. The van der Waals surface area contributed by atoms with E-state index in [1.807, 2.05) is 0 Å². The van der Waals surface area contributed by atoms with E-state index in [4.69, 9.17) is 14.2 Å². The summed E-state index contributed by atoms with van der Waals surface area (Å²) in [5.41, 5.74) is 0. The molecule has 6 nitrogen and oxygen atoms in total. The number of carbonyl (C=O) groups is 3. The minimum atomic E-state index is -0.776. The standard InChI is InChI=1S/C70H132O6/c1-4-7-10-13-16-19-22-24-26-27-28-29-30-31-32-33-34-35-36-37-38-39-40-41-42-43-45-46-48-51-54-57-60-63-69(72)75-66-67(65-74-68(71)62-59-56-53-50-21-18-15-12-9-6-3)76-70(73)64-61-58-55-52-49-47-44-25-23-20-17-14-11-8-5-2/h12,15,25,44,67H,4-11,13-14,16-24,26-43,45-66H2,1-3H3/b15-12-,44-25-. The lowest BCUT2D eigenvalue weighted by Gasteiger charge is -2.18. The Balaban J connectivity index is 4.00. The Bertz CT molecular complexity index is 1230. The molecular formula is C70H132O6. The fraction of sp³-hybridized carbons (Fsp3) is 0.900. The average Bonchev–Trinajstić information content (AvgIpc) is 3.42. The van der Waals surface area contributed by atoms with E-state index in [-0.39, 0.29) is 31.1 Å². The van der Waals surface area contributed by atoms with E-state index in [1.54, 1.807) is 0 Å². The Morgan fingerprint density at radius 2 is 0.461 bits per heavy atom. The van der Waals surface area contributed by atoms with Gasteiger partial charge in [-0.3, -0.25) is 14.4 Å². The molecular weight excluding hydrogens is 937 g/mol. The SMILES string of the molecule is CCC/C=C\CCCCCCCC(=O)OCC(COC(=O)CCCCCCCCCCCCCCCCCCCCCCCCCCCCCCCCCCC)OC(=O)CCCCCCC/C=C\CCCCCCCC. The number of esters is 3. The van der Waals surface area contributed by atoms with Gasteiger partial charge < -0.3 is 14.2 Å². The van der Waals surface area contributed by atoms with Gasteiger partial charge in [0.05, 0.1) is 0 Å². The summed E-state index contributed by atoms with van der Waals surface area (Å²) < 4.78 is 16.9.